The van der Waals surface area contributed by atoms with E-state index in [-0.39, 0.29) is 16.2 Å². The second kappa shape index (κ2) is 14.9. The maximum Gasteiger partial charge on any atom is 0.0715 e. The molecule has 0 unspecified atom stereocenters. The van der Waals surface area contributed by atoms with Crippen molar-refractivity contribution in [1.82, 2.24) is 9.55 Å². The monoisotopic (exact) mass is 841 g/mol. The van der Waals surface area contributed by atoms with Crippen molar-refractivity contribution in [2.45, 2.75) is 71.6 Å². The van der Waals surface area contributed by atoms with Crippen LogP contribution in [0.2, 0.25) is 0 Å². The quantitative estimate of drug-likeness (QED) is 0.166. The van der Waals surface area contributed by atoms with E-state index < -0.39 is 0 Å². The van der Waals surface area contributed by atoms with Gasteiger partial charge in [0.25, 0.3) is 0 Å². The standard InChI is InChI=1S/C62H55N3/c1-60(2,3)45-25-29-47(30-26-45)64(48-31-27-46(28-32-48)61(4,5)6)49-38-51-58-50-22-16-15-17-40(50)23-34-57(58)65-56-33-24-43(35-52(56)62(7,8)53(39-49)59(51)65)44-36-54(41-18-11-9-12-19-41)63-55(37-44)42-20-13-10-14-21-42/h9-39H,1-8H3. The average molecular weight is 842 g/mol. The summed E-state index contributed by atoms with van der Waals surface area (Å²) in [4.78, 5) is 7.69. The van der Waals surface area contributed by atoms with Crippen LogP contribution in [0.3, 0.4) is 0 Å². The molecule has 0 saturated heterocycles. The molecule has 3 heterocycles. The molecule has 8 aromatic carbocycles. The van der Waals surface area contributed by atoms with Gasteiger partial charge in [0.15, 0.2) is 0 Å². The SMILES string of the molecule is CC(C)(C)c1ccc(N(c2ccc(C(C)(C)C)cc2)c2cc3c4c(c2)c2c5ccccc5ccc2n4-c2ccc(-c4cc(-c5ccccc5)nc(-c5ccccc5)c4)cc2C3(C)C)cc1. The largest absolute Gasteiger partial charge is 0.310 e. The normalized spacial score (nSPS) is 13.4. The van der Waals surface area contributed by atoms with E-state index in [4.69, 9.17) is 4.98 Å². The highest BCUT2D eigenvalue weighted by molar-refractivity contribution is 6.23. The van der Waals surface area contributed by atoms with Gasteiger partial charge < -0.3 is 9.47 Å². The summed E-state index contributed by atoms with van der Waals surface area (Å²) in [5, 5.41) is 5.07. The number of hydrogen-bond donors (Lipinski definition) is 0. The molecule has 65 heavy (non-hydrogen) atoms. The van der Waals surface area contributed by atoms with Gasteiger partial charge >= 0.3 is 0 Å². The number of benzene rings is 8. The molecule has 0 spiro atoms. The van der Waals surface area contributed by atoms with Gasteiger partial charge in [0.1, 0.15) is 0 Å². The van der Waals surface area contributed by atoms with Crippen LogP contribution in [0.15, 0.2) is 188 Å². The van der Waals surface area contributed by atoms with Crippen LogP contribution in [0.5, 0.6) is 0 Å². The molecule has 318 valence electrons. The number of aromatic nitrogens is 2. The molecular formula is C62H55N3. The molecule has 11 rings (SSSR count). The fourth-order valence-corrected chi connectivity index (χ4v) is 10.2. The average Bonchev–Trinajstić information content (AvgIpc) is 3.66. The van der Waals surface area contributed by atoms with Crippen LogP contribution in [0.1, 0.15) is 77.6 Å². The molecule has 0 fully saturated rings. The molecule has 0 saturated carbocycles. The summed E-state index contributed by atoms with van der Waals surface area (Å²) in [6.45, 7) is 18.6. The van der Waals surface area contributed by atoms with Crippen molar-refractivity contribution in [2.24, 2.45) is 0 Å². The summed E-state index contributed by atoms with van der Waals surface area (Å²) < 4.78 is 2.55. The van der Waals surface area contributed by atoms with E-state index in [0.29, 0.717) is 0 Å². The van der Waals surface area contributed by atoms with Gasteiger partial charge in [0.05, 0.1) is 28.1 Å². The Kier molecular flexibility index (Phi) is 9.31. The van der Waals surface area contributed by atoms with E-state index in [1.807, 2.05) is 0 Å². The van der Waals surface area contributed by atoms with Gasteiger partial charge in [-0.05, 0) is 122 Å². The van der Waals surface area contributed by atoms with Crippen LogP contribution in [-0.4, -0.2) is 9.55 Å². The highest BCUT2D eigenvalue weighted by Crippen LogP contribution is 2.52. The molecule has 0 amide bonds. The van der Waals surface area contributed by atoms with Gasteiger partial charge in [-0.2, -0.15) is 0 Å². The summed E-state index contributed by atoms with van der Waals surface area (Å²) in [6, 6.07) is 69.7. The molecule has 0 atom stereocenters. The van der Waals surface area contributed by atoms with Gasteiger partial charge in [0.2, 0.25) is 0 Å². The summed E-state index contributed by atoms with van der Waals surface area (Å²) >= 11 is 0. The maximum absolute atomic E-state index is 5.22. The van der Waals surface area contributed by atoms with Gasteiger partial charge in [-0.15, -0.1) is 0 Å². The fourth-order valence-electron chi connectivity index (χ4n) is 10.2. The lowest BCUT2D eigenvalue weighted by molar-refractivity contribution is 0.590. The summed E-state index contributed by atoms with van der Waals surface area (Å²) in [6.07, 6.45) is 0. The predicted molar refractivity (Wildman–Crippen MR) is 277 cm³/mol. The number of rotatable bonds is 6. The molecule has 2 aromatic heterocycles. The Balaban J connectivity index is 1.17. The van der Waals surface area contributed by atoms with Crippen LogP contribution in [0, 0.1) is 0 Å². The van der Waals surface area contributed by atoms with Gasteiger partial charge in [-0.1, -0.05) is 177 Å². The Hall–Kier alpha value is -7.23. The van der Waals surface area contributed by atoms with Crippen LogP contribution in [0.25, 0.3) is 71.9 Å². The zero-order chi connectivity index (χ0) is 44.8. The lowest BCUT2D eigenvalue weighted by Gasteiger charge is -2.36. The smallest absolute Gasteiger partial charge is 0.0715 e. The number of fused-ring (bicyclic) bond motifs is 7. The Morgan fingerprint density at radius 2 is 1.00 bits per heavy atom. The van der Waals surface area contributed by atoms with E-state index in [9.17, 15) is 0 Å². The Labute approximate surface area is 383 Å². The number of hydrogen-bond acceptors (Lipinski definition) is 2. The molecule has 1 aliphatic heterocycles. The highest BCUT2D eigenvalue weighted by atomic mass is 15.1. The van der Waals surface area contributed by atoms with E-state index in [1.165, 1.54) is 66.1 Å². The van der Waals surface area contributed by atoms with Crippen molar-refractivity contribution < 1.29 is 0 Å². The van der Waals surface area contributed by atoms with Crippen LogP contribution < -0.4 is 4.90 Å². The maximum atomic E-state index is 5.22. The lowest BCUT2D eigenvalue weighted by Crippen LogP contribution is -2.27. The third kappa shape index (κ3) is 6.84. The van der Waals surface area contributed by atoms with Crippen molar-refractivity contribution in [3.8, 4) is 39.3 Å². The van der Waals surface area contributed by atoms with Crippen molar-refractivity contribution in [2.75, 3.05) is 4.90 Å². The van der Waals surface area contributed by atoms with Crippen molar-refractivity contribution in [1.29, 1.82) is 0 Å². The molecule has 0 N–H and O–H groups in total. The number of nitrogens with zero attached hydrogens (tertiary/aromatic N) is 3. The van der Waals surface area contributed by atoms with Crippen LogP contribution in [-0.2, 0) is 16.2 Å². The molecule has 0 aliphatic carbocycles. The van der Waals surface area contributed by atoms with Crippen LogP contribution in [0.4, 0.5) is 17.1 Å². The third-order valence-corrected chi connectivity index (χ3v) is 13.9. The zero-order valence-electron chi connectivity index (χ0n) is 38.7. The second-order valence-corrected chi connectivity index (χ2v) is 20.6. The van der Waals surface area contributed by atoms with Crippen molar-refractivity contribution >= 4 is 49.6 Å². The van der Waals surface area contributed by atoms with Crippen molar-refractivity contribution in [3.05, 3.63) is 210 Å². The first-order chi connectivity index (χ1) is 31.2. The van der Waals surface area contributed by atoms with Gasteiger partial charge in [-0.25, -0.2) is 4.98 Å². The van der Waals surface area contributed by atoms with E-state index in [1.54, 1.807) is 0 Å². The predicted octanol–water partition coefficient (Wildman–Crippen LogP) is 17.0. The topological polar surface area (TPSA) is 21.1 Å². The van der Waals surface area contributed by atoms with Gasteiger partial charge in [0, 0.05) is 44.4 Å². The minimum atomic E-state index is -0.366. The Morgan fingerprint density at radius 1 is 0.446 bits per heavy atom. The summed E-state index contributed by atoms with van der Waals surface area (Å²) in [5.74, 6) is 0. The fraction of sp³-hybridized carbons (Fsp3) is 0.177. The molecule has 3 heteroatoms. The van der Waals surface area contributed by atoms with E-state index in [2.05, 4.69) is 253 Å². The van der Waals surface area contributed by atoms with Crippen LogP contribution >= 0.6 is 0 Å². The third-order valence-electron chi connectivity index (χ3n) is 13.9. The first kappa shape index (κ1) is 40.5. The van der Waals surface area contributed by atoms with Gasteiger partial charge in [-0.3, -0.25) is 0 Å². The first-order valence-electron chi connectivity index (χ1n) is 23.0. The Bertz CT molecular complexity index is 3320. The summed E-state index contributed by atoms with van der Waals surface area (Å²) in [7, 11) is 0. The lowest BCUT2D eigenvalue weighted by atomic mass is 9.73. The highest BCUT2D eigenvalue weighted by Gasteiger charge is 2.37. The summed E-state index contributed by atoms with van der Waals surface area (Å²) in [5.41, 5.74) is 18.6. The van der Waals surface area contributed by atoms with E-state index >= 15 is 0 Å². The molecular weight excluding hydrogens is 787 g/mol. The first-order valence-corrected chi connectivity index (χ1v) is 23.0. The minimum Gasteiger partial charge on any atom is -0.310 e. The molecule has 0 bridgehead atoms. The minimum absolute atomic E-state index is 0.0441. The number of pyridine rings is 1. The Morgan fingerprint density at radius 3 is 1.57 bits per heavy atom. The van der Waals surface area contributed by atoms with E-state index in [0.717, 1.165) is 45.1 Å². The number of anilines is 3. The van der Waals surface area contributed by atoms with Crippen molar-refractivity contribution in [3.63, 3.8) is 0 Å². The molecule has 1 aliphatic rings. The second-order valence-electron chi connectivity index (χ2n) is 20.6. The molecule has 0 radical (unpaired) electrons. The molecule has 3 nitrogen and oxygen atoms in total. The zero-order valence-corrected chi connectivity index (χ0v) is 38.7. The molecule has 10 aromatic rings.